The molecule has 194 valence electrons. The van der Waals surface area contributed by atoms with Crippen molar-refractivity contribution in [3.05, 3.63) is 61.2 Å². The first-order valence-corrected chi connectivity index (χ1v) is 12.8. The molecule has 1 aromatic rings. The Labute approximate surface area is 212 Å². The fourth-order valence-corrected chi connectivity index (χ4v) is 6.04. The Kier molecular flexibility index (Phi) is 8.26. The fourth-order valence-electron chi connectivity index (χ4n) is 6.04. The maximum atomic E-state index is 14.2. The van der Waals surface area contributed by atoms with Gasteiger partial charge in [0.2, 0.25) is 11.8 Å². The Balaban J connectivity index is 1.65. The highest BCUT2D eigenvalue weighted by Gasteiger charge is 2.75. The summed E-state index contributed by atoms with van der Waals surface area (Å²) in [4.78, 5) is 44.4. The van der Waals surface area contributed by atoms with E-state index in [2.05, 4.69) is 13.2 Å². The van der Waals surface area contributed by atoms with Crippen LogP contribution >= 0.6 is 0 Å². The maximum absolute atomic E-state index is 14.2. The zero-order valence-electron chi connectivity index (χ0n) is 20.7. The fraction of sp³-hybridized carbons (Fsp3) is 0.536. The first kappa shape index (κ1) is 26.1. The monoisotopic (exact) mass is 496 g/mol. The van der Waals surface area contributed by atoms with E-state index in [4.69, 9.17) is 9.47 Å². The maximum Gasteiger partial charge on any atom is 0.312 e. The minimum absolute atomic E-state index is 0.00262. The van der Waals surface area contributed by atoms with Crippen molar-refractivity contribution < 1.29 is 29.0 Å². The molecule has 0 aliphatic carbocycles. The molecular weight excluding hydrogens is 460 g/mol. The molecule has 1 spiro atoms. The summed E-state index contributed by atoms with van der Waals surface area (Å²) >= 11 is 0. The molecule has 4 rings (SSSR count). The van der Waals surface area contributed by atoms with Crippen LogP contribution < -0.4 is 0 Å². The first-order chi connectivity index (χ1) is 17.5. The van der Waals surface area contributed by atoms with E-state index >= 15 is 0 Å². The molecule has 2 unspecified atom stereocenters. The van der Waals surface area contributed by atoms with Gasteiger partial charge in [-0.3, -0.25) is 14.4 Å². The second-order valence-electron chi connectivity index (χ2n) is 9.76. The van der Waals surface area contributed by atoms with Crippen molar-refractivity contribution in [3.63, 3.8) is 0 Å². The van der Waals surface area contributed by atoms with E-state index in [0.29, 0.717) is 51.7 Å². The number of hydrogen-bond donors (Lipinski definition) is 1. The summed E-state index contributed by atoms with van der Waals surface area (Å²) in [6, 6.07) is 8.83. The summed E-state index contributed by atoms with van der Waals surface area (Å²) < 4.78 is 11.9. The van der Waals surface area contributed by atoms with Gasteiger partial charge in [0.25, 0.3) is 0 Å². The molecule has 1 aromatic carbocycles. The number of likely N-dealkylation sites (tertiary alicyclic amines) is 1. The largest absolute Gasteiger partial charge is 0.465 e. The number of amides is 2. The molecule has 36 heavy (non-hydrogen) atoms. The van der Waals surface area contributed by atoms with E-state index in [1.54, 1.807) is 22.0 Å². The van der Waals surface area contributed by atoms with Crippen LogP contribution in [0, 0.1) is 11.8 Å². The number of benzene rings is 1. The van der Waals surface area contributed by atoms with Crippen LogP contribution in [0.5, 0.6) is 0 Å². The topological polar surface area (TPSA) is 96.4 Å². The third kappa shape index (κ3) is 4.72. The summed E-state index contributed by atoms with van der Waals surface area (Å²) in [5, 5.41) is 9.30. The number of carbonyl (C=O) groups is 3. The van der Waals surface area contributed by atoms with Crippen molar-refractivity contribution >= 4 is 17.8 Å². The highest BCUT2D eigenvalue weighted by Crippen LogP contribution is 2.58. The predicted octanol–water partition coefficient (Wildman–Crippen LogP) is 2.47. The number of carbonyl (C=O) groups excluding carboxylic acids is 3. The lowest BCUT2D eigenvalue weighted by Crippen LogP contribution is -2.56. The van der Waals surface area contributed by atoms with Gasteiger partial charge in [-0.1, -0.05) is 42.5 Å². The van der Waals surface area contributed by atoms with Crippen LogP contribution in [-0.2, 0) is 30.4 Å². The number of rotatable bonds is 13. The van der Waals surface area contributed by atoms with Crippen molar-refractivity contribution in [1.82, 2.24) is 9.80 Å². The van der Waals surface area contributed by atoms with Crippen LogP contribution in [-0.4, -0.2) is 76.7 Å². The van der Waals surface area contributed by atoms with Gasteiger partial charge in [-0.25, -0.2) is 0 Å². The first-order valence-electron chi connectivity index (χ1n) is 12.8. The minimum Gasteiger partial charge on any atom is -0.465 e. The Morgan fingerprint density at radius 3 is 2.69 bits per heavy atom. The predicted molar refractivity (Wildman–Crippen MR) is 133 cm³/mol. The van der Waals surface area contributed by atoms with Crippen LogP contribution in [0.3, 0.4) is 0 Å². The molecule has 0 aromatic heterocycles. The Hall–Kier alpha value is -2.97. The second kappa shape index (κ2) is 11.4. The molecule has 8 heteroatoms. The highest BCUT2D eigenvalue weighted by atomic mass is 16.6. The van der Waals surface area contributed by atoms with Gasteiger partial charge < -0.3 is 24.4 Å². The molecule has 8 nitrogen and oxygen atoms in total. The normalized spacial score (nSPS) is 28.1. The summed E-state index contributed by atoms with van der Waals surface area (Å²) in [6.07, 6.45) is 5.63. The Morgan fingerprint density at radius 2 is 2.00 bits per heavy atom. The van der Waals surface area contributed by atoms with Crippen molar-refractivity contribution in [2.24, 2.45) is 11.8 Å². The number of hydrogen-bond acceptors (Lipinski definition) is 6. The summed E-state index contributed by atoms with van der Waals surface area (Å²) in [6.45, 7) is 8.69. The second-order valence-corrected chi connectivity index (χ2v) is 9.76. The number of fused-ring (bicyclic) bond motifs is 1. The number of unbranched alkanes of at least 4 members (excludes halogenated alkanes) is 1. The van der Waals surface area contributed by atoms with E-state index in [1.165, 1.54) is 0 Å². The number of aliphatic hydroxyl groups is 1. The van der Waals surface area contributed by atoms with Gasteiger partial charge in [-0.05, 0) is 37.7 Å². The van der Waals surface area contributed by atoms with Crippen LogP contribution in [0.25, 0.3) is 0 Å². The molecule has 1 N–H and O–H groups in total. The van der Waals surface area contributed by atoms with Crippen LogP contribution in [0.15, 0.2) is 55.6 Å². The minimum atomic E-state index is -1.06. The summed E-state index contributed by atoms with van der Waals surface area (Å²) in [7, 11) is 0. The highest BCUT2D eigenvalue weighted by molar-refractivity contribution is 5.98. The number of ether oxygens (including phenoxy) is 2. The molecule has 3 aliphatic heterocycles. The van der Waals surface area contributed by atoms with Gasteiger partial charge in [0.05, 0.1) is 24.5 Å². The third-order valence-corrected chi connectivity index (χ3v) is 7.56. The molecule has 0 saturated carbocycles. The Morgan fingerprint density at radius 1 is 1.22 bits per heavy atom. The lowest BCUT2D eigenvalue weighted by Gasteiger charge is -2.36. The lowest BCUT2D eigenvalue weighted by molar-refractivity contribution is -0.155. The lowest BCUT2D eigenvalue weighted by atomic mass is 9.70. The quantitative estimate of drug-likeness (QED) is 0.256. The molecule has 3 aliphatic rings. The summed E-state index contributed by atoms with van der Waals surface area (Å²) in [5.74, 6) is -2.37. The number of aliphatic hydroxyl groups excluding tert-OH is 1. The zero-order valence-corrected chi connectivity index (χ0v) is 20.7. The van der Waals surface area contributed by atoms with E-state index < -0.39 is 35.6 Å². The average Bonchev–Trinajstić information content (AvgIpc) is 3.52. The van der Waals surface area contributed by atoms with Gasteiger partial charge in [0, 0.05) is 26.2 Å². The Bertz CT molecular complexity index is 982. The molecule has 0 radical (unpaired) electrons. The SMILES string of the molecule is C=CCCOC(=O)[C@@H]1[C@H]2C(=O)N(CCCCO)C(C(=O)N(CC=C)Cc3ccccc3)C23CC[C@H]1O3. The zero-order chi connectivity index (χ0) is 25.7. The molecule has 3 heterocycles. The van der Waals surface area contributed by atoms with E-state index in [9.17, 15) is 19.5 Å². The molecular formula is C28H36N2O6. The molecule has 2 amide bonds. The molecule has 2 bridgehead atoms. The third-order valence-electron chi connectivity index (χ3n) is 7.56. The van der Waals surface area contributed by atoms with Crippen LogP contribution in [0.1, 0.15) is 37.7 Å². The number of nitrogens with zero attached hydrogens (tertiary/aromatic N) is 2. The van der Waals surface area contributed by atoms with Crippen LogP contribution in [0.2, 0.25) is 0 Å². The smallest absolute Gasteiger partial charge is 0.312 e. The van der Waals surface area contributed by atoms with Gasteiger partial charge >= 0.3 is 5.97 Å². The van der Waals surface area contributed by atoms with Gasteiger partial charge in [-0.15, -0.1) is 13.2 Å². The van der Waals surface area contributed by atoms with E-state index in [-0.39, 0.29) is 25.0 Å². The average molecular weight is 497 g/mol. The van der Waals surface area contributed by atoms with Crippen molar-refractivity contribution in [2.75, 3.05) is 26.3 Å². The van der Waals surface area contributed by atoms with Crippen molar-refractivity contribution in [2.45, 2.75) is 56.4 Å². The van der Waals surface area contributed by atoms with Gasteiger partial charge in [0.15, 0.2) is 0 Å². The molecule has 3 fully saturated rings. The summed E-state index contributed by atoms with van der Waals surface area (Å²) in [5.41, 5.74) is -0.0887. The molecule has 5 atom stereocenters. The van der Waals surface area contributed by atoms with E-state index in [0.717, 1.165) is 5.56 Å². The van der Waals surface area contributed by atoms with Gasteiger partial charge in [0.1, 0.15) is 11.6 Å². The van der Waals surface area contributed by atoms with Gasteiger partial charge in [-0.2, -0.15) is 0 Å². The molecule has 3 saturated heterocycles. The van der Waals surface area contributed by atoms with Crippen LogP contribution in [0.4, 0.5) is 0 Å². The standard InChI is InChI=1S/C28H36N2O6/c1-3-5-18-35-27(34)22-21-13-14-28(36-21)23(22)25(32)30(16-9-10-17-31)24(28)26(33)29(15-4-2)19-20-11-7-6-8-12-20/h3-4,6-8,11-12,21-24,31H,1-2,5,9-10,13-19H2/t21-,22+,23+,24?,28?/m1/s1. The number of esters is 1. The van der Waals surface area contributed by atoms with Crippen molar-refractivity contribution in [1.29, 1.82) is 0 Å². The van der Waals surface area contributed by atoms with Crippen molar-refractivity contribution in [3.8, 4) is 0 Å². The van der Waals surface area contributed by atoms with E-state index in [1.807, 2.05) is 30.3 Å².